The molecule has 0 aliphatic heterocycles. The van der Waals surface area contributed by atoms with Crippen LogP contribution >= 0.6 is 0 Å². The number of hydrogen-bond acceptors (Lipinski definition) is 3. The molecule has 3 heteroatoms. The van der Waals surface area contributed by atoms with Gasteiger partial charge in [0.2, 0.25) is 0 Å². The summed E-state index contributed by atoms with van der Waals surface area (Å²) in [5.74, 6) is 2.13. The van der Waals surface area contributed by atoms with Gasteiger partial charge in [-0.1, -0.05) is 70.4 Å². The number of para-hydroxylation sites is 1. The van der Waals surface area contributed by atoms with Gasteiger partial charge in [-0.05, 0) is 36.0 Å². The summed E-state index contributed by atoms with van der Waals surface area (Å²) < 4.78 is 6.06. The second kappa shape index (κ2) is 10.7. The summed E-state index contributed by atoms with van der Waals surface area (Å²) in [4.78, 5) is 22.6. The summed E-state index contributed by atoms with van der Waals surface area (Å²) in [6.07, 6.45) is 6.37. The molecule has 144 valence electrons. The third-order valence-corrected chi connectivity index (χ3v) is 4.86. The monoisotopic (exact) mass is 366 g/mol. The smallest absolute Gasteiger partial charge is 0.150 e. The Hall–Kier alpha value is -2.42. The zero-order valence-corrected chi connectivity index (χ0v) is 16.6. The van der Waals surface area contributed by atoms with Crippen LogP contribution in [0.25, 0.3) is 11.1 Å². The van der Waals surface area contributed by atoms with Gasteiger partial charge in [-0.2, -0.15) is 0 Å². The van der Waals surface area contributed by atoms with Crippen molar-refractivity contribution in [3.8, 4) is 16.9 Å². The lowest BCUT2D eigenvalue weighted by Gasteiger charge is -2.16. The standard InChI is InChI=1S/C24H30O3/c1-18(2)7-6-8-19(3)13-14-27-24-10-5-4-9-22(24)23-15-20(16-25)11-12-21(23)17-26/h4-5,9-12,15-19H,6-8,13-14H2,1-3H3. The van der Waals surface area contributed by atoms with Crippen LogP contribution in [0.3, 0.4) is 0 Å². The summed E-state index contributed by atoms with van der Waals surface area (Å²) >= 11 is 0. The van der Waals surface area contributed by atoms with Crippen molar-refractivity contribution >= 4 is 12.6 Å². The van der Waals surface area contributed by atoms with Crippen molar-refractivity contribution in [2.45, 2.75) is 46.5 Å². The Morgan fingerprint density at radius 1 is 0.889 bits per heavy atom. The summed E-state index contributed by atoms with van der Waals surface area (Å²) in [7, 11) is 0. The maximum Gasteiger partial charge on any atom is 0.150 e. The quantitative estimate of drug-likeness (QED) is 0.444. The molecule has 0 amide bonds. The Morgan fingerprint density at radius 3 is 2.37 bits per heavy atom. The number of aldehydes is 2. The predicted molar refractivity (Wildman–Crippen MR) is 111 cm³/mol. The third-order valence-electron chi connectivity index (χ3n) is 4.86. The van der Waals surface area contributed by atoms with Crippen LogP contribution < -0.4 is 4.74 Å². The van der Waals surface area contributed by atoms with Crippen LogP contribution in [0, 0.1) is 11.8 Å². The van der Waals surface area contributed by atoms with Crippen LogP contribution in [0.5, 0.6) is 5.75 Å². The highest BCUT2D eigenvalue weighted by Gasteiger charge is 2.12. The van der Waals surface area contributed by atoms with Crippen LogP contribution in [0.2, 0.25) is 0 Å². The minimum absolute atomic E-state index is 0.546. The maximum absolute atomic E-state index is 11.4. The van der Waals surface area contributed by atoms with Crippen molar-refractivity contribution in [2.24, 2.45) is 11.8 Å². The minimum atomic E-state index is 0.546. The normalized spacial score (nSPS) is 12.0. The molecule has 0 bridgehead atoms. The SMILES string of the molecule is CC(C)CCCC(C)CCOc1ccccc1-c1cc(C=O)ccc1C=O. The second-order valence-corrected chi connectivity index (χ2v) is 7.65. The van der Waals surface area contributed by atoms with Crippen LogP contribution in [0.4, 0.5) is 0 Å². The van der Waals surface area contributed by atoms with E-state index in [2.05, 4.69) is 20.8 Å². The molecule has 27 heavy (non-hydrogen) atoms. The minimum Gasteiger partial charge on any atom is -0.493 e. The van der Waals surface area contributed by atoms with Crippen LogP contribution in [0.1, 0.15) is 67.2 Å². The molecule has 2 aromatic carbocycles. The number of carbonyl (C=O) groups excluding carboxylic acids is 2. The van der Waals surface area contributed by atoms with Crippen LogP contribution in [-0.2, 0) is 0 Å². The molecule has 0 aliphatic rings. The fourth-order valence-electron chi connectivity index (χ4n) is 3.19. The molecule has 0 aromatic heterocycles. The molecule has 0 saturated heterocycles. The first kappa shape index (κ1) is 20.9. The van der Waals surface area contributed by atoms with E-state index in [1.165, 1.54) is 19.3 Å². The molecule has 2 aromatic rings. The molecule has 0 N–H and O–H groups in total. The van der Waals surface area contributed by atoms with Crippen molar-refractivity contribution < 1.29 is 14.3 Å². The largest absolute Gasteiger partial charge is 0.493 e. The Kier molecular flexibility index (Phi) is 8.25. The molecule has 1 unspecified atom stereocenters. The lowest BCUT2D eigenvalue weighted by Crippen LogP contribution is -2.05. The first-order valence-electron chi connectivity index (χ1n) is 9.81. The number of benzene rings is 2. The molecule has 1 atom stereocenters. The van der Waals surface area contributed by atoms with Gasteiger partial charge in [0.15, 0.2) is 6.29 Å². The summed E-state index contributed by atoms with van der Waals surface area (Å²) in [6, 6.07) is 12.8. The number of rotatable bonds is 11. The van der Waals surface area contributed by atoms with Gasteiger partial charge in [-0.25, -0.2) is 0 Å². The molecule has 0 spiro atoms. The number of ether oxygens (including phenoxy) is 1. The zero-order chi connectivity index (χ0) is 19.6. The van der Waals surface area contributed by atoms with E-state index in [0.29, 0.717) is 23.7 Å². The zero-order valence-electron chi connectivity index (χ0n) is 16.6. The van der Waals surface area contributed by atoms with Crippen molar-refractivity contribution in [3.63, 3.8) is 0 Å². The summed E-state index contributed by atoms with van der Waals surface area (Å²) in [6.45, 7) is 7.44. The first-order chi connectivity index (χ1) is 13.0. The predicted octanol–water partition coefficient (Wildman–Crippen LogP) is 6.21. The van der Waals surface area contributed by atoms with Gasteiger partial charge >= 0.3 is 0 Å². The van der Waals surface area contributed by atoms with E-state index in [4.69, 9.17) is 4.74 Å². The topological polar surface area (TPSA) is 43.4 Å². The van der Waals surface area contributed by atoms with Crippen molar-refractivity contribution in [1.29, 1.82) is 0 Å². The number of hydrogen-bond donors (Lipinski definition) is 0. The lowest BCUT2D eigenvalue weighted by molar-refractivity contribution is 0.111. The molecule has 0 saturated carbocycles. The van der Waals surface area contributed by atoms with Crippen LogP contribution in [0.15, 0.2) is 42.5 Å². The fraction of sp³-hybridized carbons (Fsp3) is 0.417. The van der Waals surface area contributed by atoms with E-state index in [-0.39, 0.29) is 0 Å². The molecule has 0 aliphatic carbocycles. The Morgan fingerprint density at radius 2 is 1.67 bits per heavy atom. The molecule has 2 rings (SSSR count). The maximum atomic E-state index is 11.4. The number of carbonyl (C=O) groups is 2. The van der Waals surface area contributed by atoms with Crippen molar-refractivity contribution in [2.75, 3.05) is 6.61 Å². The van der Waals surface area contributed by atoms with E-state index < -0.39 is 0 Å². The van der Waals surface area contributed by atoms with Crippen LogP contribution in [-0.4, -0.2) is 19.2 Å². The Balaban J connectivity index is 2.06. The van der Waals surface area contributed by atoms with E-state index >= 15 is 0 Å². The van der Waals surface area contributed by atoms with Gasteiger partial charge in [0.1, 0.15) is 12.0 Å². The highest BCUT2D eigenvalue weighted by atomic mass is 16.5. The summed E-state index contributed by atoms with van der Waals surface area (Å²) in [5.41, 5.74) is 2.67. The molecular weight excluding hydrogens is 336 g/mol. The molecule has 0 fully saturated rings. The van der Waals surface area contributed by atoms with Gasteiger partial charge in [-0.15, -0.1) is 0 Å². The first-order valence-corrected chi connectivity index (χ1v) is 9.81. The summed E-state index contributed by atoms with van der Waals surface area (Å²) in [5, 5.41) is 0. The highest BCUT2D eigenvalue weighted by Crippen LogP contribution is 2.32. The second-order valence-electron chi connectivity index (χ2n) is 7.65. The van der Waals surface area contributed by atoms with Gasteiger partial charge in [0.25, 0.3) is 0 Å². The van der Waals surface area contributed by atoms with Gasteiger partial charge in [-0.3, -0.25) is 9.59 Å². The average Bonchev–Trinajstić information content (AvgIpc) is 2.67. The Bertz CT molecular complexity index is 749. The fourth-order valence-corrected chi connectivity index (χ4v) is 3.19. The molecular formula is C24H30O3. The van der Waals surface area contributed by atoms with E-state index in [1.807, 2.05) is 24.3 Å². The van der Waals surface area contributed by atoms with E-state index in [9.17, 15) is 9.59 Å². The van der Waals surface area contributed by atoms with E-state index in [0.717, 1.165) is 41.8 Å². The molecule has 0 heterocycles. The van der Waals surface area contributed by atoms with E-state index in [1.54, 1.807) is 18.2 Å². The molecule has 3 nitrogen and oxygen atoms in total. The Labute approximate surface area is 162 Å². The third kappa shape index (κ3) is 6.35. The lowest BCUT2D eigenvalue weighted by atomic mass is 9.97. The van der Waals surface area contributed by atoms with Crippen molar-refractivity contribution in [3.05, 3.63) is 53.6 Å². The van der Waals surface area contributed by atoms with Gasteiger partial charge in [0.05, 0.1) is 6.61 Å². The van der Waals surface area contributed by atoms with Gasteiger partial charge < -0.3 is 4.74 Å². The molecule has 0 radical (unpaired) electrons. The van der Waals surface area contributed by atoms with Crippen molar-refractivity contribution in [1.82, 2.24) is 0 Å². The van der Waals surface area contributed by atoms with Gasteiger partial charge in [0, 0.05) is 16.7 Å². The average molecular weight is 367 g/mol. The highest BCUT2D eigenvalue weighted by molar-refractivity contribution is 5.92.